The summed E-state index contributed by atoms with van der Waals surface area (Å²) in [7, 11) is 0. The second-order valence-corrected chi connectivity index (χ2v) is 13.1. The number of aromatic nitrogens is 4. The van der Waals surface area contributed by atoms with Gasteiger partial charge in [0.25, 0.3) is 5.56 Å². The Balaban J connectivity index is 1.37. The molecule has 224 valence electrons. The molecule has 1 unspecified atom stereocenters. The van der Waals surface area contributed by atoms with Gasteiger partial charge in [0.05, 0.1) is 19.0 Å². The first kappa shape index (κ1) is 30.0. The lowest BCUT2D eigenvalue weighted by Crippen LogP contribution is -2.37. The van der Waals surface area contributed by atoms with E-state index < -0.39 is 55.4 Å². The lowest BCUT2D eigenvalue weighted by atomic mass is 10.1. The molecule has 4 aromatic rings. The zero-order valence-corrected chi connectivity index (χ0v) is 24.6. The number of nitrogens with zero attached hydrogens (tertiary/aromatic N) is 3. The number of fused-ring (bicyclic) bond motifs is 2. The first-order valence-corrected chi connectivity index (χ1v) is 15.7. The number of H-pyrrole nitrogens is 1. The zero-order valence-electron chi connectivity index (χ0n) is 22.8. The molecule has 0 spiro atoms. The van der Waals surface area contributed by atoms with E-state index in [0.717, 1.165) is 10.8 Å². The van der Waals surface area contributed by atoms with Crippen LogP contribution in [-0.4, -0.2) is 67.7 Å². The highest BCUT2D eigenvalue weighted by molar-refractivity contribution is 8.09. The van der Waals surface area contributed by atoms with Crippen LogP contribution in [0.15, 0.2) is 53.6 Å². The summed E-state index contributed by atoms with van der Waals surface area (Å²) < 4.78 is 39.7. The lowest BCUT2D eigenvalue weighted by molar-refractivity contribution is -0.149. The van der Waals surface area contributed by atoms with Crippen LogP contribution in [0.5, 0.6) is 5.75 Å². The van der Waals surface area contributed by atoms with Crippen LogP contribution in [0.1, 0.15) is 27.0 Å². The third-order valence-electron chi connectivity index (χ3n) is 6.43. The van der Waals surface area contributed by atoms with Crippen molar-refractivity contribution in [3.63, 3.8) is 0 Å². The summed E-state index contributed by atoms with van der Waals surface area (Å²) in [5, 5.41) is 15.5. The number of benzene rings is 2. The van der Waals surface area contributed by atoms with Crippen LogP contribution in [0.3, 0.4) is 0 Å². The summed E-state index contributed by atoms with van der Waals surface area (Å²) in [6.45, 7) is 1.06. The van der Waals surface area contributed by atoms with E-state index in [9.17, 15) is 14.7 Å². The maximum Gasteiger partial charge on any atom is 0.323 e. The van der Waals surface area contributed by atoms with E-state index in [1.54, 1.807) is 32.9 Å². The average Bonchev–Trinajstić information content (AvgIpc) is 3.47. The summed E-state index contributed by atoms with van der Waals surface area (Å²) in [5.74, 6) is -0.382. The Hall–Kier alpha value is -3.46. The van der Waals surface area contributed by atoms with Gasteiger partial charge < -0.3 is 29.4 Å². The van der Waals surface area contributed by atoms with E-state index in [1.807, 2.05) is 30.3 Å². The number of esters is 1. The van der Waals surface area contributed by atoms with Crippen LogP contribution in [-0.2, 0) is 30.6 Å². The number of aliphatic hydroxyl groups excluding tert-OH is 1. The number of halogens is 1. The number of aliphatic hydroxyl groups is 1. The molecule has 42 heavy (non-hydrogen) atoms. The minimum Gasteiger partial charge on any atom is -0.462 e. The molecule has 1 saturated heterocycles. The van der Waals surface area contributed by atoms with E-state index >= 15 is 4.39 Å². The van der Waals surface area contributed by atoms with Crippen molar-refractivity contribution in [2.75, 3.05) is 12.3 Å². The van der Waals surface area contributed by atoms with Crippen LogP contribution in [0.2, 0.25) is 0 Å². The number of alkyl halides is 1. The number of hydrogen-bond donors (Lipinski definition) is 4. The topological polar surface area (TPSA) is 176 Å². The van der Waals surface area contributed by atoms with Crippen LogP contribution in [0.25, 0.3) is 21.9 Å². The van der Waals surface area contributed by atoms with Gasteiger partial charge in [0.15, 0.2) is 23.6 Å². The summed E-state index contributed by atoms with van der Waals surface area (Å²) in [5.41, 5.74) is 4.96. The van der Waals surface area contributed by atoms with E-state index in [2.05, 4.69) is 20.0 Å². The van der Waals surface area contributed by atoms with E-state index in [4.69, 9.17) is 36.1 Å². The Bertz CT molecular complexity index is 1720. The molecule has 0 aliphatic carbocycles. The molecular formula is C26H30FN6O7PS. The normalized spacial score (nSPS) is 22.8. The minimum absolute atomic E-state index is 0.0124. The molecule has 6 atom stereocenters. The third-order valence-corrected chi connectivity index (χ3v) is 8.93. The molecular weight excluding hydrogens is 590 g/mol. The van der Waals surface area contributed by atoms with E-state index in [0.29, 0.717) is 5.75 Å². The van der Waals surface area contributed by atoms with Crippen molar-refractivity contribution in [1.29, 1.82) is 0 Å². The standard InChI is InChI=1S/C26H30FN6O7PS/c1-13(2)38-25(36)14(3)32-41(42,40-17-9-8-15-6-4-5-7-16(15)10-17)37-11-18-21(34)19(27)24(39-18)33-12-29-20-22(33)30-26(28)31-23(20)35/h4-10,12-14,18-19,21,24,34H,11H2,1-3H3,(H,32,42)(H3,28,30,31,35)/t14-,18+,19+,21+,24+,41?/m0/s1. The number of carbonyl (C=O) groups excluding carboxylic acids is 1. The number of ether oxygens (including phenoxy) is 2. The highest BCUT2D eigenvalue weighted by Gasteiger charge is 2.47. The number of nitrogens with one attached hydrogen (secondary N) is 2. The second-order valence-electron chi connectivity index (χ2n) is 10.0. The van der Waals surface area contributed by atoms with Crippen LogP contribution in [0, 0.1) is 0 Å². The monoisotopic (exact) mass is 620 g/mol. The molecule has 0 saturated carbocycles. The van der Waals surface area contributed by atoms with Gasteiger partial charge in [0, 0.05) is 0 Å². The van der Waals surface area contributed by atoms with E-state index in [-0.39, 0.29) is 23.2 Å². The molecule has 1 aliphatic rings. The Labute approximate surface area is 244 Å². The molecule has 13 nitrogen and oxygen atoms in total. The molecule has 2 aromatic carbocycles. The second kappa shape index (κ2) is 12.0. The van der Waals surface area contributed by atoms with Gasteiger partial charge in [-0.2, -0.15) is 4.98 Å². The number of aromatic amines is 1. The maximum atomic E-state index is 15.3. The smallest absolute Gasteiger partial charge is 0.323 e. The number of anilines is 1. The Kier molecular flexibility index (Phi) is 8.60. The molecule has 16 heteroatoms. The van der Waals surface area contributed by atoms with Crippen molar-refractivity contribution in [3.05, 3.63) is 59.1 Å². The van der Waals surface area contributed by atoms with Crippen molar-refractivity contribution in [3.8, 4) is 5.75 Å². The van der Waals surface area contributed by atoms with Crippen molar-refractivity contribution < 1.29 is 32.8 Å². The van der Waals surface area contributed by atoms with Gasteiger partial charge in [-0.1, -0.05) is 30.3 Å². The zero-order chi connectivity index (χ0) is 30.2. The third kappa shape index (κ3) is 6.31. The highest BCUT2D eigenvalue weighted by atomic mass is 32.5. The summed E-state index contributed by atoms with van der Waals surface area (Å²) >= 11 is 5.76. The van der Waals surface area contributed by atoms with Gasteiger partial charge >= 0.3 is 12.6 Å². The fraction of sp³-hybridized carbons (Fsp3) is 0.385. The first-order chi connectivity index (χ1) is 19.9. The van der Waals surface area contributed by atoms with Crippen molar-refractivity contribution in [2.45, 2.75) is 57.5 Å². The number of rotatable bonds is 10. The van der Waals surface area contributed by atoms with Gasteiger partial charge in [0.2, 0.25) is 5.95 Å². The van der Waals surface area contributed by atoms with Crippen LogP contribution >= 0.6 is 6.64 Å². The number of nitrogen functional groups attached to an aromatic ring is 1. The molecule has 0 amide bonds. The fourth-order valence-electron chi connectivity index (χ4n) is 4.44. The predicted molar refractivity (Wildman–Crippen MR) is 156 cm³/mol. The Morgan fingerprint density at radius 2 is 2.02 bits per heavy atom. The largest absolute Gasteiger partial charge is 0.462 e. The van der Waals surface area contributed by atoms with Gasteiger partial charge in [-0.05, 0) is 55.5 Å². The minimum atomic E-state index is -3.53. The molecule has 5 rings (SSSR count). The molecule has 2 aromatic heterocycles. The number of hydrogen-bond acceptors (Lipinski definition) is 11. The molecule has 5 N–H and O–H groups in total. The summed E-state index contributed by atoms with van der Waals surface area (Å²) in [6, 6.07) is 12.1. The maximum absolute atomic E-state index is 15.3. The highest BCUT2D eigenvalue weighted by Crippen LogP contribution is 2.47. The molecule has 3 heterocycles. The number of nitrogens with two attached hydrogens (primary N) is 1. The van der Waals surface area contributed by atoms with Crippen molar-refractivity contribution in [1.82, 2.24) is 24.6 Å². The fourth-order valence-corrected chi connectivity index (χ4v) is 6.85. The van der Waals surface area contributed by atoms with Crippen LogP contribution in [0.4, 0.5) is 10.3 Å². The SMILES string of the molecule is CC(C)OC(=O)[C@H](C)NP(=S)(OC[C@H]1O[C@@H](n2cnc3c(=O)[nH]c(N)nc32)[C@H](F)[C@@H]1O)Oc1ccc2ccccc2c1. The average molecular weight is 621 g/mol. The van der Waals surface area contributed by atoms with Gasteiger partial charge in [-0.25, -0.2) is 14.5 Å². The van der Waals surface area contributed by atoms with Gasteiger partial charge in [0.1, 0.15) is 24.0 Å². The molecule has 1 aliphatic heterocycles. The van der Waals surface area contributed by atoms with Gasteiger partial charge in [-0.15, -0.1) is 0 Å². The molecule has 0 radical (unpaired) electrons. The first-order valence-electron chi connectivity index (χ1n) is 13.1. The summed E-state index contributed by atoms with van der Waals surface area (Å²) in [4.78, 5) is 35.0. The van der Waals surface area contributed by atoms with Gasteiger partial charge in [-0.3, -0.25) is 19.1 Å². The molecule has 0 bridgehead atoms. The van der Waals surface area contributed by atoms with Crippen molar-refractivity contribution in [2.24, 2.45) is 0 Å². The predicted octanol–water partition coefficient (Wildman–Crippen LogP) is 2.70. The Morgan fingerprint density at radius 3 is 2.76 bits per heavy atom. The van der Waals surface area contributed by atoms with Crippen molar-refractivity contribution >= 4 is 52.3 Å². The van der Waals surface area contributed by atoms with Crippen LogP contribution < -0.4 is 20.9 Å². The number of carbonyl (C=O) groups is 1. The van der Waals surface area contributed by atoms with E-state index in [1.165, 1.54) is 10.9 Å². The summed E-state index contributed by atoms with van der Waals surface area (Å²) in [6.07, 6.45) is -5.36. The lowest BCUT2D eigenvalue weighted by Gasteiger charge is -2.28. The number of imidazole rings is 1. The molecule has 1 fully saturated rings. The quantitative estimate of drug-likeness (QED) is 0.151. The Morgan fingerprint density at radius 1 is 1.29 bits per heavy atom.